The molecule has 0 aromatic rings. The minimum absolute atomic E-state index is 0.354. The largest absolute Gasteiger partial charge is 0.357 e. The number of nitrogens with one attached hydrogen (secondary N) is 2. The second-order valence-electron chi connectivity index (χ2n) is 7.34. The van der Waals surface area contributed by atoms with Crippen LogP contribution in [0.4, 0.5) is 0 Å². The van der Waals surface area contributed by atoms with Crippen LogP contribution < -0.4 is 10.0 Å². The van der Waals surface area contributed by atoms with Crippen LogP contribution in [0.25, 0.3) is 0 Å². The predicted octanol–water partition coefficient (Wildman–Crippen LogP) is 1.94. The van der Waals surface area contributed by atoms with E-state index in [1.807, 2.05) is 0 Å². The number of sulfonamides is 1. The second kappa shape index (κ2) is 9.04. The third-order valence-corrected chi connectivity index (χ3v) is 5.93. The Bertz CT molecular complexity index is 511. The van der Waals surface area contributed by atoms with Crippen molar-refractivity contribution in [2.24, 2.45) is 10.4 Å². The lowest BCUT2D eigenvalue weighted by atomic mass is 9.74. The molecule has 1 aliphatic carbocycles. The van der Waals surface area contributed by atoms with Crippen LogP contribution in [-0.4, -0.2) is 58.3 Å². The number of hydrogen-bond acceptors (Lipinski definition) is 3. The maximum atomic E-state index is 11.2. The molecule has 140 valence electrons. The molecule has 7 heteroatoms. The first-order valence-electron chi connectivity index (χ1n) is 9.42. The fraction of sp³-hybridized carbons (Fsp3) is 0.941. The lowest BCUT2D eigenvalue weighted by Crippen LogP contribution is -2.50. The molecule has 0 atom stereocenters. The van der Waals surface area contributed by atoms with Gasteiger partial charge < -0.3 is 10.2 Å². The van der Waals surface area contributed by atoms with Crippen molar-refractivity contribution >= 4 is 16.0 Å². The molecule has 1 aliphatic heterocycles. The van der Waals surface area contributed by atoms with Crippen molar-refractivity contribution < 1.29 is 8.42 Å². The van der Waals surface area contributed by atoms with Crippen molar-refractivity contribution in [2.75, 3.05) is 39.0 Å². The molecule has 0 aromatic heterocycles. The first kappa shape index (κ1) is 19.5. The molecule has 1 heterocycles. The molecule has 1 saturated heterocycles. The summed E-state index contributed by atoms with van der Waals surface area (Å²) in [5, 5.41) is 3.39. The Morgan fingerprint density at radius 2 is 1.79 bits per heavy atom. The van der Waals surface area contributed by atoms with Gasteiger partial charge >= 0.3 is 0 Å². The normalized spacial score (nSPS) is 22.4. The highest BCUT2D eigenvalue weighted by molar-refractivity contribution is 7.88. The molecule has 0 unspecified atom stereocenters. The van der Waals surface area contributed by atoms with E-state index in [1.54, 1.807) is 0 Å². The van der Waals surface area contributed by atoms with Gasteiger partial charge in [0.1, 0.15) is 0 Å². The van der Waals surface area contributed by atoms with Gasteiger partial charge in [0.2, 0.25) is 10.0 Å². The monoisotopic (exact) mass is 358 g/mol. The third kappa shape index (κ3) is 6.24. The predicted molar refractivity (Wildman–Crippen MR) is 99.8 cm³/mol. The van der Waals surface area contributed by atoms with Crippen molar-refractivity contribution in [3.05, 3.63) is 0 Å². The molecule has 1 spiro atoms. The minimum Gasteiger partial charge on any atom is -0.357 e. The molecule has 1 saturated carbocycles. The Morgan fingerprint density at radius 1 is 1.12 bits per heavy atom. The fourth-order valence-corrected chi connectivity index (χ4v) is 4.56. The Balaban J connectivity index is 1.98. The van der Waals surface area contributed by atoms with E-state index in [2.05, 4.69) is 26.9 Å². The fourth-order valence-electron chi connectivity index (χ4n) is 4.09. The van der Waals surface area contributed by atoms with Crippen LogP contribution in [0, 0.1) is 5.41 Å². The lowest BCUT2D eigenvalue weighted by molar-refractivity contribution is 0.115. The Morgan fingerprint density at radius 3 is 2.42 bits per heavy atom. The molecule has 0 amide bonds. The smallest absolute Gasteiger partial charge is 0.208 e. The number of piperidine rings is 1. The van der Waals surface area contributed by atoms with Gasteiger partial charge in [0.25, 0.3) is 0 Å². The van der Waals surface area contributed by atoms with Crippen molar-refractivity contribution in [2.45, 2.75) is 58.3 Å². The number of hydrogen-bond donors (Lipinski definition) is 2. The Hall–Kier alpha value is -0.820. The van der Waals surface area contributed by atoms with Crippen LogP contribution in [0.3, 0.4) is 0 Å². The molecular weight excluding hydrogens is 324 g/mol. The molecule has 0 bridgehead atoms. The van der Waals surface area contributed by atoms with Crippen LogP contribution in [0.2, 0.25) is 0 Å². The van der Waals surface area contributed by atoms with E-state index < -0.39 is 10.0 Å². The van der Waals surface area contributed by atoms with E-state index in [9.17, 15) is 8.42 Å². The van der Waals surface area contributed by atoms with Gasteiger partial charge in [-0.3, -0.25) is 4.99 Å². The Labute approximate surface area is 147 Å². The number of guanidine groups is 1. The lowest BCUT2D eigenvalue weighted by Gasteiger charge is -2.44. The van der Waals surface area contributed by atoms with Gasteiger partial charge in [-0.25, -0.2) is 13.1 Å². The molecule has 2 fully saturated rings. The topological polar surface area (TPSA) is 73.8 Å². The summed E-state index contributed by atoms with van der Waals surface area (Å²) in [7, 11) is -3.14. The van der Waals surface area contributed by atoms with Crippen molar-refractivity contribution in [1.82, 2.24) is 14.9 Å². The van der Waals surface area contributed by atoms with Crippen molar-refractivity contribution in [1.29, 1.82) is 0 Å². The number of aliphatic imine (C=N–C) groups is 1. The molecular formula is C17H34N4O2S. The SMILES string of the molecule is CCNC(=NCCNS(C)(=O)=O)N1CCCC2(CCCCCC2)C1. The molecule has 2 rings (SSSR count). The van der Waals surface area contributed by atoms with Gasteiger partial charge in [0, 0.05) is 26.2 Å². The second-order valence-corrected chi connectivity index (χ2v) is 9.17. The van der Waals surface area contributed by atoms with Crippen LogP contribution in [0.15, 0.2) is 4.99 Å². The third-order valence-electron chi connectivity index (χ3n) is 5.20. The number of likely N-dealkylation sites (tertiary alicyclic amines) is 1. The number of rotatable bonds is 5. The molecule has 0 aromatic carbocycles. The summed E-state index contributed by atoms with van der Waals surface area (Å²) in [4.78, 5) is 7.05. The molecule has 2 N–H and O–H groups in total. The standard InChI is InChI=1S/C17H34N4O2S/c1-3-18-16(19-12-13-20-24(2,22)23)21-14-8-11-17(15-21)9-6-4-5-7-10-17/h20H,3-15H2,1-2H3,(H,18,19). The van der Waals surface area contributed by atoms with E-state index >= 15 is 0 Å². The van der Waals surface area contributed by atoms with Gasteiger partial charge in [-0.2, -0.15) is 0 Å². The maximum Gasteiger partial charge on any atom is 0.208 e. The van der Waals surface area contributed by atoms with Gasteiger partial charge in [0.05, 0.1) is 12.8 Å². The summed E-state index contributed by atoms with van der Waals surface area (Å²) in [6.45, 7) is 5.88. The highest BCUT2D eigenvalue weighted by Gasteiger charge is 2.36. The van der Waals surface area contributed by atoms with Gasteiger partial charge in [0.15, 0.2) is 5.96 Å². The van der Waals surface area contributed by atoms with Crippen LogP contribution >= 0.6 is 0 Å². The average Bonchev–Trinajstić information content (AvgIpc) is 2.75. The van der Waals surface area contributed by atoms with Gasteiger partial charge in [-0.1, -0.05) is 25.7 Å². The summed E-state index contributed by atoms with van der Waals surface area (Å²) in [5.74, 6) is 0.941. The van der Waals surface area contributed by atoms with E-state index in [1.165, 1.54) is 57.6 Å². The first-order chi connectivity index (χ1) is 11.4. The summed E-state index contributed by atoms with van der Waals surface area (Å²) in [6, 6.07) is 0. The molecule has 6 nitrogen and oxygen atoms in total. The number of nitrogens with zero attached hydrogens (tertiary/aromatic N) is 2. The zero-order valence-electron chi connectivity index (χ0n) is 15.3. The summed E-state index contributed by atoms with van der Waals surface area (Å²) in [6.07, 6.45) is 11.9. The zero-order chi connectivity index (χ0) is 17.5. The average molecular weight is 359 g/mol. The molecule has 2 aliphatic rings. The maximum absolute atomic E-state index is 11.2. The Kier molecular flexibility index (Phi) is 7.34. The molecule has 0 radical (unpaired) electrons. The summed E-state index contributed by atoms with van der Waals surface area (Å²) >= 11 is 0. The highest BCUT2D eigenvalue weighted by Crippen LogP contribution is 2.42. The van der Waals surface area contributed by atoms with Gasteiger partial charge in [-0.15, -0.1) is 0 Å². The van der Waals surface area contributed by atoms with Crippen LogP contribution in [0.5, 0.6) is 0 Å². The summed E-state index contributed by atoms with van der Waals surface area (Å²) < 4.78 is 24.8. The molecule has 24 heavy (non-hydrogen) atoms. The van der Waals surface area contributed by atoms with E-state index in [4.69, 9.17) is 0 Å². The zero-order valence-corrected chi connectivity index (χ0v) is 16.1. The van der Waals surface area contributed by atoms with E-state index in [0.29, 0.717) is 18.5 Å². The minimum atomic E-state index is -3.14. The van der Waals surface area contributed by atoms with Crippen LogP contribution in [-0.2, 0) is 10.0 Å². The highest BCUT2D eigenvalue weighted by atomic mass is 32.2. The van der Waals surface area contributed by atoms with E-state index in [0.717, 1.165) is 25.6 Å². The van der Waals surface area contributed by atoms with Crippen LogP contribution in [0.1, 0.15) is 58.3 Å². The summed E-state index contributed by atoms with van der Waals surface area (Å²) in [5.41, 5.74) is 0.468. The first-order valence-corrected chi connectivity index (χ1v) is 11.3. The van der Waals surface area contributed by atoms with Crippen molar-refractivity contribution in [3.63, 3.8) is 0 Å². The van der Waals surface area contributed by atoms with E-state index in [-0.39, 0.29) is 0 Å². The van der Waals surface area contributed by atoms with Crippen molar-refractivity contribution in [3.8, 4) is 0 Å². The quantitative estimate of drug-likeness (QED) is 0.447. The van der Waals surface area contributed by atoms with Gasteiger partial charge in [-0.05, 0) is 38.0 Å².